The molecule has 2 aromatic heterocycles. The maximum Gasteiger partial charge on any atom is 0.243 e. The molecule has 0 saturated carbocycles. The second kappa shape index (κ2) is 6.61. The number of fused-ring (bicyclic) bond motifs is 1. The van der Waals surface area contributed by atoms with Crippen LogP contribution in [0.5, 0.6) is 0 Å². The number of benzene rings is 1. The number of anilines is 1. The fourth-order valence-electron chi connectivity index (χ4n) is 2.35. The third kappa shape index (κ3) is 3.52. The Kier molecular flexibility index (Phi) is 4.51. The minimum atomic E-state index is -3.72. The van der Waals surface area contributed by atoms with Gasteiger partial charge in [-0.3, -0.25) is 9.89 Å². The van der Waals surface area contributed by atoms with Crippen molar-refractivity contribution in [2.24, 2.45) is 0 Å². The van der Waals surface area contributed by atoms with Gasteiger partial charge in [0.05, 0.1) is 23.3 Å². The van der Waals surface area contributed by atoms with Crippen LogP contribution in [-0.2, 0) is 14.8 Å². The molecule has 2 N–H and O–H groups in total. The highest BCUT2D eigenvalue weighted by molar-refractivity contribution is 7.89. The van der Waals surface area contributed by atoms with E-state index in [1.807, 2.05) is 6.92 Å². The lowest BCUT2D eigenvalue weighted by atomic mass is 10.2. The number of nitrogens with zero attached hydrogens (tertiary/aromatic N) is 3. The number of rotatable bonds is 5. The molecule has 130 valence electrons. The van der Waals surface area contributed by atoms with Gasteiger partial charge in [-0.25, -0.2) is 13.4 Å². The summed E-state index contributed by atoms with van der Waals surface area (Å²) in [6, 6.07) is 9.72. The van der Waals surface area contributed by atoms with Gasteiger partial charge in [-0.15, -0.1) is 0 Å². The Labute approximate surface area is 144 Å². The van der Waals surface area contributed by atoms with E-state index in [-0.39, 0.29) is 11.4 Å². The van der Waals surface area contributed by atoms with E-state index >= 15 is 0 Å². The van der Waals surface area contributed by atoms with Crippen molar-refractivity contribution >= 4 is 32.7 Å². The SMILES string of the molecule is Cc1[nH]nc2ncc(NC(=O)CN(C)S(=O)(=O)c3ccccc3)cc12. The van der Waals surface area contributed by atoms with Gasteiger partial charge >= 0.3 is 0 Å². The normalized spacial score (nSPS) is 11.8. The molecule has 0 aliphatic rings. The van der Waals surface area contributed by atoms with E-state index in [1.165, 1.54) is 25.4 Å². The zero-order valence-corrected chi connectivity index (χ0v) is 14.5. The first kappa shape index (κ1) is 17.1. The van der Waals surface area contributed by atoms with Crippen LogP contribution in [0.2, 0.25) is 0 Å². The Morgan fingerprint density at radius 1 is 1.28 bits per heavy atom. The highest BCUT2D eigenvalue weighted by Gasteiger charge is 2.22. The summed E-state index contributed by atoms with van der Waals surface area (Å²) in [6.45, 7) is 1.54. The van der Waals surface area contributed by atoms with Gasteiger partial charge in [0.2, 0.25) is 15.9 Å². The molecular formula is C16H17N5O3S. The van der Waals surface area contributed by atoms with E-state index in [0.29, 0.717) is 11.3 Å². The number of pyridine rings is 1. The Morgan fingerprint density at radius 3 is 2.72 bits per heavy atom. The second-order valence-corrected chi connectivity index (χ2v) is 7.61. The summed E-state index contributed by atoms with van der Waals surface area (Å²) >= 11 is 0. The molecule has 9 heteroatoms. The largest absolute Gasteiger partial charge is 0.324 e. The van der Waals surface area contributed by atoms with Crippen LogP contribution in [0.4, 0.5) is 5.69 Å². The average Bonchev–Trinajstić information content (AvgIpc) is 2.96. The minimum Gasteiger partial charge on any atom is -0.324 e. The molecule has 0 radical (unpaired) electrons. The predicted octanol–water partition coefficient (Wildman–Crippen LogP) is 1.53. The highest BCUT2D eigenvalue weighted by atomic mass is 32.2. The van der Waals surface area contributed by atoms with Crippen LogP contribution in [0, 0.1) is 6.92 Å². The van der Waals surface area contributed by atoms with Crippen molar-refractivity contribution in [3.63, 3.8) is 0 Å². The molecule has 0 bridgehead atoms. The topological polar surface area (TPSA) is 108 Å². The standard InChI is InChI=1S/C16H17N5O3S/c1-11-14-8-12(9-17-16(14)20-19-11)18-15(22)10-21(2)25(23,24)13-6-4-3-5-7-13/h3-9H,10H2,1-2H3,(H,18,22)(H,17,19,20). The Balaban J connectivity index is 1.72. The molecule has 0 spiro atoms. The summed E-state index contributed by atoms with van der Waals surface area (Å²) in [5, 5.41) is 10.3. The third-order valence-electron chi connectivity index (χ3n) is 3.70. The molecule has 1 amide bonds. The number of nitrogens with one attached hydrogen (secondary N) is 2. The van der Waals surface area contributed by atoms with Crippen molar-refractivity contribution in [3.05, 3.63) is 48.3 Å². The summed E-state index contributed by atoms with van der Waals surface area (Å²) in [5.41, 5.74) is 1.87. The smallest absolute Gasteiger partial charge is 0.243 e. The van der Waals surface area contributed by atoms with Crippen molar-refractivity contribution in [3.8, 4) is 0 Å². The Hall–Kier alpha value is -2.78. The van der Waals surface area contributed by atoms with Gasteiger partial charge in [0.15, 0.2) is 5.65 Å². The van der Waals surface area contributed by atoms with Gasteiger partial charge in [-0.1, -0.05) is 18.2 Å². The highest BCUT2D eigenvalue weighted by Crippen LogP contribution is 2.18. The molecular weight excluding hydrogens is 342 g/mol. The van der Waals surface area contributed by atoms with E-state index in [2.05, 4.69) is 20.5 Å². The van der Waals surface area contributed by atoms with Gasteiger partial charge in [0, 0.05) is 18.1 Å². The van der Waals surface area contributed by atoms with Gasteiger partial charge in [-0.05, 0) is 25.1 Å². The summed E-state index contributed by atoms with van der Waals surface area (Å²) in [4.78, 5) is 16.5. The van der Waals surface area contributed by atoms with E-state index in [4.69, 9.17) is 0 Å². The van der Waals surface area contributed by atoms with Crippen molar-refractivity contribution < 1.29 is 13.2 Å². The van der Waals surface area contributed by atoms with Crippen LogP contribution in [-0.4, -0.2) is 47.4 Å². The first-order valence-electron chi connectivity index (χ1n) is 7.50. The molecule has 8 nitrogen and oxygen atoms in total. The molecule has 25 heavy (non-hydrogen) atoms. The summed E-state index contributed by atoms with van der Waals surface area (Å²) in [7, 11) is -2.35. The lowest BCUT2D eigenvalue weighted by Crippen LogP contribution is -2.34. The number of amides is 1. The maximum absolute atomic E-state index is 12.4. The van der Waals surface area contributed by atoms with Crippen LogP contribution < -0.4 is 5.32 Å². The first-order chi connectivity index (χ1) is 11.9. The average molecular weight is 359 g/mol. The van der Waals surface area contributed by atoms with Gasteiger partial charge in [0.25, 0.3) is 0 Å². The lowest BCUT2D eigenvalue weighted by molar-refractivity contribution is -0.116. The fraction of sp³-hybridized carbons (Fsp3) is 0.188. The number of aryl methyl sites for hydroxylation is 1. The molecule has 0 fully saturated rings. The molecule has 0 aliphatic carbocycles. The maximum atomic E-state index is 12.4. The van der Waals surface area contributed by atoms with Crippen LogP contribution in [0.3, 0.4) is 0 Å². The number of H-pyrrole nitrogens is 1. The molecule has 0 saturated heterocycles. The van der Waals surface area contributed by atoms with Crippen molar-refractivity contribution in [1.29, 1.82) is 0 Å². The number of aromatic amines is 1. The zero-order valence-electron chi connectivity index (χ0n) is 13.7. The van der Waals surface area contributed by atoms with E-state index < -0.39 is 15.9 Å². The number of hydrogen-bond donors (Lipinski definition) is 2. The fourth-order valence-corrected chi connectivity index (χ4v) is 3.50. The van der Waals surface area contributed by atoms with Crippen molar-refractivity contribution in [2.45, 2.75) is 11.8 Å². The van der Waals surface area contributed by atoms with Crippen LogP contribution in [0.25, 0.3) is 11.0 Å². The molecule has 2 heterocycles. The molecule has 0 aliphatic heterocycles. The Morgan fingerprint density at radius 2 is 2.00 bits per heavy atom. The number of sulfonamides is 1. The lowest BCUT2D eigenvalue weighted by Gasteiger charge is -2.16. The third-order valence-corrected chi connectivity index (χ3v) is 5.52. The monoisotopic (exact) mass is 359 g/mol. The molecule has 3 aromatic rings. The second-order valence-electron chi connectivity index (χ2n) is 5.57. The quantitative estimate of drug-likeness (QED) is 0.718. The molecule has 3 rings (SSSR count). The van der Waals surface area contributed by atoms with Crippen LogP contribution >= 0.6 is 0 Å². The van der Waals surface area contributed by atoms with E-state index in [0.717, 1.165) is 15.4 Å². The summed E-state index contributed by atoms with van der Waals surface area (Å²) in [5.74, 6) is -0.454. The van der Waals surface area contributed by atoms with Gasteiger partial charge in [-0.2, -0.15) is 9.40 Å². The first-order valence-corrected chi connectivity index (χ1v) is 8.94. The van der Waals surface area contributed by atoms with Crippen molar-refractivity contribution in [2.75, 3.05) is 18.9 Å². The van der Waals surface area contributed by atoms with Gasteiger partial charge in [0.1, 0.15) is 0 Å². The van der Waals surface area contributed by atoms with Gasteiger partial charge < -0.3 is 5.32 Å². The van der Waals surface area contributed by atoms with E-state index in [9.17, 15) is 13.2 Å². The molecule has 1 aromatic carbocycles. The number of aromatic nitrogens is 3. The van der Waals surface area contributed by atoms with Crippen molar-refractivity contribution in [1.82, 2.24) is 19.5 Å². The minimum absolute atomic E-state index is 0.141. The predicted molar refractivity (Wildman–Crippen MR) is 93.5 cm³/mol. The molecule has 0 unspecified atom stereocenters. The van der Waals surface area contributed by atoms with Crippen LogP contribution in [0.15, 0.2) is 47.5 Å². The zero-order chi connectivity index (χ0) is 18.0. The Bertz CT molecular complexity index is 1010. The summed E-state index contributed by atoms with van der Waals surface area (Å²) in [6.07, 6.45) is 1.48. The number of carbonyl (C=O) groups excluding carboxylic acids is 1. The number of hydrogen-bond acceptors (Lipinski definition) is 5. The van der Waals surface area contributed by atoms with Crippen LogP contribution in [0.1, 0.15) is 5.69 Å². The number of carbonyl (C=O) groups is 1. The molecule has 0 atom stereocenters. The van der Waals surface area contributed by atoms with E-state index in [1.54, 1.807) is 24.3 Å². The summed E-state index contributed by atoms with van der Waals surface area (Å²) < 4.78 is 25.9. The number of likely N-dealkylation sites (N-methyl/N-ethyl adjacent to an activating group) is 1.